The Labute approximate surface area is 153 Å². The fraction of sp³-hybridized carbons (Fsp3) is 0.556. The van der Waals surface area contributed by atoms with Crippen LogP contribution in [0.3, 0.4) is 0 Å². The monoisotopic (exact) mass is 355 g/mol. The average Bonchev–Trinajstić information content (AvgIpc) is 3.36. The van der Waals surface area contributed by atoms with Crippen LogP contribution in [-0.4, -0.2) is 68.3 Å². The predicted octanol–water partition coefficient (Wildman–Crippen LogP) is 2.14. The lowest BCUT2D eigenvalue weighted by Gasteiger charge is -2.37. The van der Waals surface area contributed by atoms with Crippen molar-refractivity contribution < 1.29 is 4.79 Å². The van der Waals surface area contributed by atoms with E-state index in [9.17, 15) is 4.79 Å². The summed E-state index contributed by atoms with van der Waals surface area (Å²) in [5, 5.41) is 14.3. The van der Waals surface area contributed by atoms with Crippen LogP contribution in [0, 0.1) is 0 Å². The Morgan fingerprint density at radius 1 is 1.15 bits per heavy atom. The number of rotatable bonds is 4. The number of carbonyl (C=O) groups excluding carboxylic acids is 1. The van der Waals surface area contributed by atoms with Gasteiger partial charge in [-0.1, -0.05) is 6.07 Å². The number of hydrogen-bond donors (Lipinski definition) is 1. The summed E-state index contributed by atoms with van der Waals surface area (Å²) >= 11 is 0. The largest absolute Gasteiger partial charge is 0.322 e. The number of aromatic nitrogens is 4. The SMILES string of the molecule is O=C(Nc1cccc(-n2cnnn2)c1)N1CCCCC1CN1CCCC1. The number of benzene rings is 1. The van der Waals surface area contributed by atoms with Crippen LogP contribution in [-0.2, 0) is 0 Å². The zero-order valence-corrected chi connectivity index (χ0v) is 14.9. The molecule has 0 radical (unpaired) electrons. The fourth-order valence-corrected chi connectivity index (χ4v) is 3.92. The topological polar surface area (TPSA) is 79.2 Å². The van der Waals surface area contributed by atoms with Crippen LogP contribution in [0.5, 0.6) is 0 Å². The van der Waals surface area contributed by atoms with Crippen molar-refractivity contribution in [2.45, 2.75) is 38.1 Å². The van der Waals surface area contributed by atoms with Crippen LogP contribution in [0.25, 0.3) is 5.69 Å². The van der Waals surface area contributed by atoms with E-state index >= 15 is 0 Å². The van der Waals surface area contributed by atoms with E-state index in [4.69, 9.17) is 0 Å². The third-order valence-corrected chi connectivity index (χ3v) is 5.27. The normalized spacial score (nSPS) is 21.1. The number of amides is 2. The minimum absolute atomic E-state index is 0.0113. The van der Waals surface area contributed by atoms with E-state index in [1.807, 2.05) is 29.2 Å². The fourth-order valence-electron chi connectivity index (χ4n) is 3.92. The molecule has 0 spiro atoms. The molecule has 1 aromatic carbocycles. The first-order chi connectivity index (χ1) is 12.8. The Morgan fingerprint density at radius 3 is 2.81 bits per heavy atom. The highest BCUT2D eigenvalue weighted by Crippen LogP contribution is 2.22. The van der Waals surface area contributed by atoms with E-state index in [0.29, 0.717) is 6.04 Å². The van der Waals surface area contributed by atoms with Crippen LogP contribution in [0.1, 0.15) is 32.1 Å². The molecule has 2 saturated heterocycles. The summed E-state index contributed by atoms with van der Waals surface area (Å²) in [7, 11) is 0. The van der Waals surface area contributed by atoms with E-state index in [1.54, 1.807) is 4.68 Å². The molecule has 8 nitrogen and oxygen atoms in total. The van der Waals surface area contributed by atoms with Crippen molar-refractivity contribution in [3.63, 3.8) is 0 Å². The maximum atomic E-state index is 12.9. The first kappa shape index (κ1) is 17.0. The lowest BCUT2D eigenvalue weighted by Crippen LogP contribution is -2.50. The number of nitrogens with zero attached hydrogens (tertiary/aromatic N) is 6. The van der Waals surface area contributed by atoms with E-state index in [-0.39, 0.29) is 6.03 Å². The number of likely N-dealkylation sites (tertiary alicyclic amines) is 2. The van der Waals surface area contributed by atoms with Gasteiger partial charge in [0, 0.05) is 24.8 Å². The number of hydrogen-bond acceptors (Lipinski definition) is 5. The second-order valence-corrected chi connectivity index (χ2v) is 7.09. The van der Waals surface area contributed by atoms with Crippen LogP contribution in [0.15, 0.2) is 30.6 Å². The molecule has 26 heavy (non-hydrogen) atoms. The van der Waals surface area contributed by atoms with E-state index in [2.05, 4.69) is 25.7 Å². The maximum Gasteiger partial charge on any atom is 0.322 e. The Hall–Kier alpha value is -2.48. The van der Waals surface area contributed by atoms with Gasteiger partial charge >= 0.3 is 6.03 Å². The molecule has 0 aliphatic carbocycles. The van der Waals surface area contributed by atoms with E-state index in [0.717, 1.165) is 37.3 Å². The Bertz CT molecular complexity index is 727. The molecule has 2 fully saturated rings. The quantitative estimate of drug-likeness (QED) is 0.909. The molecular formula is C18H25N7O. The van der Waals surface area contributed by atoms with Gasteiger partial charge in [-0.2, -0.15) is 0 Å². The molecule has 8 heteroatoms. The first-order valence-electron chi connectivity index (χ1n) is 9.43. The summed E-state index contributed by atoms with van der Waals surface area (Å²) in [5.74, 6) is 0. The van der Waals surface area contributed by atoms with E-state index in [1.165, 1.54) is 38.7 Å². The van der Waals surface area contributed by atoms with Gasteiger partial charge in [-0.25, -0.2) is 9.48 Å². The zero-order chi connectivity index (χ0) is 17.8. The summed E-state index contributed by atoms with van der Waals surface area (Å²) < 4.78 is 1.58. The van der Waals surface area contributed by atoms with Gasteiger partial charge in [0.2, 0.25) is 0 Å². The van der Waals surface area contributed by atoms with Crippen LogP contribution >= 0.6 is 0 Å². The van der Waals surface area contributed by atoms with Crippen molar-refractivity contribution in [1.29, 1.82) is 0 Å². The summed E-state index contributed by atoms with van der Waals surface area (Å²) in [6.07, 6.45) is 7.48. The number of urea groups is 1. The minimum Gasteiger partial charge on any atom is -0.320 e. The smallest absolute Gasteiger partial charge is 0.320 e. The molecule has 1 unspecified atom stereocenters. The Kier molecular flexibility index (Phi) is 5.10. The van der Waals surface area contributed by atoms with Crippen LogP contribution in [0.4, 0.5) is 10.5 Å². The number of carbonyl (C=O) groups is 1. The van der Waals surface area contributed by atoms with Crippen molar-refractivity contribution in [3.8, 4) is 5.69 Å². The number of tetrazole rings is 1. The molecule has 2 amide bonds. The van der Waals surface area contributed by atoms with Crippen molar-refractivity contribution in [1.82, 2.24) is 30.0 Å². The molecule has 1 N–H and O–H groups in total. The summed E-state index contributed by atoms with van der Waals surface area (Å²) in [6.45, 7) is 4.16. The molecule has 2 aromatic rings. The molecule has 2 aliphatic rings. The highest BCUT2D eigenvalue weighted by Gasteiger charge is 2.29. The molecule has 0 saturated carbocycles. The van der Waals surface area contributed by atoms with Gasteiger partial charge in [-0.15, -0.1) is 5.10 Å². The van der Waals surface area contributed by atoms with Crippen molar-refractivity contribution >= 4 is 11.7 Å². The third-order valence-electron chi connectivity index (χ3n) is 5.27. The molecule has 1 aromatic heterocycles. The third kappa shape index (κ3) is 3.85. The molecular weight excluding hydrogens is 330 g/mol. The Balaban J connectivity index is 1.43. The van der Waals surface area contributed by atoms with Gasteiger partial charge in [0.15, 0.2) is 0 Å². The van der Waals surface area contributed by atoms with Crippen molar-refractivity contribution in [2.24, 2.45) is 0 Å². The van der Waals surface area contributed by atoms with Crippen LogP contribution in [0.2, 0.25) is 0 Å². The molecule has 138 valence electrons. The van der Waals surface area contributed by atoms with Crippen molar-refractivity contribution in [3.05, 3.63) is 30.6 Å². The molecule has 1 atom stereocenters. The average molecular weight is 355 g/mol. The number of anilines is 1. The van der Waals surface area contributed by atoms with Crippen molar-refractivity contribution in [2.75, 3.05) is 31.5 Å². The highest BCUT2D eigenvalue weighted by molar-refractivity contribution is 5.90. The van der Waals surface area contributed by atoms with E-state index < -0.39 is 0 Å². The molecule has 3 heterocycles. The lowest BCUT2D eigenvalue weighted by molar-refractivity contribution is 0.136. The van der Waals surface area contributed by atoms with Gasteiger partial charge < -0.3 is 15.1 Å². The Morgan fingerprint density at radius 2 is 2.00 bits per heavy atom. The van der Waals surface area contributed by atoms with Gasteiger partial charge in [-0.3, -0.25) is 0 Å². The van der Waals surface area contributed by atoms with Gasteiger partial charge in [-0.05, 0) is 73.8 Å². The summed E-state index contributed by atoms with van der Waals surface area (Å²) in [5.41, 5.74) is 1.58. The minimum atomic E-state index is -0.0113. The van der Waals surface area contributed by atoms with Crippen LogP contribution < -0.4 is 5.32 Å². The predicted molar refractivity (Wildman–Crippen MR) is 98.2 cm³/mol. The lowest BCUT2D eigenvalue weighted by atomic mass is 10.0. The standard InChI is InChI=1S/C18H25N7O/c26-18(20-15-6-5-8-16(12-15)25-14-19-21-22-25)24-11-2-1-7-17(24)13-23-9-3-4-10-23/h5-6,8,12,14,17H,1-4,7,9-11,13H2,(H,20,26). The molecule has 2 aliphatic heterocycles. The number of piperidine rings is 1. The molecule has 4 rings (SSSR count). The zero-order valence-electron chi connectivity index (χ0n) is 14.9. The highest BCUT2D eigenvalue weighted by atomic mass is 16.2. The van der Waals surface area contributed by atoms with Gasteiger partial charge in [0.05, 0.1) is 5.69 Å². The first-order valence-corrected chi connectivity index (χ1v) is 9.43. The molecule has 0 bridgehead atoms. The second kappa shape index (κ2) is 7.82. The van der Waals surface area contributed by atoms with Gasteiger partial charge in [0.1, 0.15) is 6.33 Å². The van der Waals surface area contributed by atoms with Gasteiger partial charge in [0.25, 0.3) is 0 Å². The maximum absolute atomic E-state index is 12.9. The number of nitrogens with one attached hydrogen (secondary N) is 1. The summed E-state index contributed by atoms with van der Waals surface area (Å²) in [4.78, 5) is 17.4. The second-order valence-electron chi connectivity index (χ2n) is 7.09. The summed E-state index contributed by atoms with van der Waals surface area (Å²) in [6, 6.07) is 7.87.